The molecule has 0 saturated heterocycles. The Bertz CT molecular complexity index is 1030. The summed E-state index contributed by atoms with van der Waals surface area (Å²) in [5.41, 5.74) is 4.27. The molecule has 0 spiro atoms. The molecule has 2 aliphatic carbocycles. The number of aryl methyl sites for hydroxylation is 1. The van der Waals surface area contributed by atoms with E-state index >= 15 is 0 Å². The number of carbonyl (C=O) groups is 2. The number of benzene rings is 2. The zero-order valence-corrected chi connectivity index (χ0v) is 19.5. The van der Waals surface area contributed by atoms with Crippen molar-refractivity contribution in [2.24, 2.45) is 11.3 Å². The van der Waals surface area contributed by atoms with Crippen LogP contribution in [-0.2, 0) is 16.6 Å². The van der Waals surface area contributed by atoms with E-state index in [-0.39, 0.29) is 23.3 Å². The van der Waals surface area contributed by atoms with E-state index in [9.17, 15) is 14.7 Å². The maximum absolute atomic E-state index is 12.8. The van der Waals surface area contributed by atoms with E-state index in [0.29, 0.717) is 0 Å². The van der Waals surface area contributed by atoms with Gasteiger partial charge in [-0.1, -0.05) is 51.5 Å². The predicted octanol–water partition coefficient (Wildman–Crippen LogP) is 6.55. The Kier molecular flexibility index (Phi) is 5.78. The van der Waals surface area contributed by atoms with Crippen LogP contribution in [0.4, 0.5) is 16.2 Å². The maximum Gasteiger partial charge on any atom is 0.323 e. The summed E-state index contributed by atoms with van der Waals surface area (Å²) in [5, 5.41) is 16.0. The highest BCUT2D eigenvalue weighted by molar-refractivity contribution is 6.00. The van der Waals surface area contributed by atoms with Gasteiger partial charge in [0.2, 0.25) is 0 Å². The van der Waals surface area contributed by atoms with Crippen LogP contribution in [0.2, 0.25) is 0 Å². The lowest BCUT2D eigenvalue weighted by atomic mass is 9.49. The molecule has 2 aliphatic rings. The van der Waals surface area contributed by atoms with Crippen molar-refractivity contribution in [2.45, 2.75) is 71.1 Å². The van der Waals surface area contributed by atoms with Crippen LogP contribution in [0, 0.1) is 11.3 Å². The first-order valence-electron chi connectivity index (χ1n) is 11.7. The lowest BCUT2D eigenvalue weighted by molar-refractivity contribution is -0.157. The third-order valence-corrected chi connectivity index (χ3v) is 7.91. The predicted molar refractivity (Wildman–Crippen MR) is 128 cm³/mol. The molecule has 32 heavy (non-hydrogen) atoms. The molecule has 1 saturated carbocycles. The Morgan fingerprint density at radius 1 is 1.06 bits per heavy atom. The molecule has 0 bridgehead atoms. The third-order valence-electron chi connectivity index (χ3n) is 7.91. The highest BCUT2D eigenvalue weighted by atomic mass is 16.4. The number of hydrogen-bond donors (Lipinski definition) is 3. The maximum atomic E-state index is 12.8. The second kappa shape index (κ2) is 8.27. The Morgan fingerprint density at radius 2 is 1.78 bits per heavy atom. The number of para-hydroxylation sites is 1. The molecule has 0 aromatic heterocycles. The summed E-state index contributed by atoms with van der Waals surface area (Å²) in [4.78, 5) is 25.0. The van der Waals surface area contributed by atoms with Crippen LogP contribution in [-0.4, -0.2) is 17.1 Å². The lowest BCUT2D eigenvalue weighted by Gasteiger charge is -2.53. The van der Waals surface area contributed by atoms with E-state index in [1.54, 1.807) is 0 Å². The number of urea groups is 1. The summed E-state index contributed by atoms with van der Waals surface area (Å²) < 4.78 is 0. The van der Waals surface area contributed by atoms with Gasteiger partial charge in [0.15, 0.2) is 0 Å². The zero-order chi connectivity index (χ0) is 23.1. The molecule has 1 fully saturated rings. The smallest absolute Gasteiger partial charge is 0.323 e. The molecule has 0 radical (unpaired) electrons. The minimum absolute atomic E-state index is 0.0876. The van der Waals surface area contributed by atoms with Crippen molar-refractivity contribution in [2.75, 3.05) is 10.6 Å². The molecular weight excluding hydrogens is 400 g/mol. The normalized spacial score (nSPS) is 26.7. The highest BCUT2D eigenvalue weighted by Gasteiger charge is 2.55. The summed E-state index contributed by atoms with van der Waals surface area (Å²) in [6.07, 6.45) is 4.38. The van der Waals surface area contributed by atoms with Crippen molar-refractivity contribution < 1.29 is 14.7 Å². The fraction of sp³-hybridized carbons (Fsp3) is 0.481. The number of rotatable bonds is 4. The number of aliphatic carboxylic acids is 1. The number of carboxylic acids is 1. The van der Waals surface area contributed by atoms with Gasteiger partial charge < -0.3 is 15.7 Å². The first-order chi connectivity index (χ1) is 15.1. The van der Waals surface area contributed by atoms with Crippen LogP contribution in [0.1, 0.15) is 76.0 Å². The number of amides is 2. The molecular formula is C27H34N2O3. The van der Waals surface area contributed by atoms with Crippen LogP contribution >= 0.6 is 0 Å². The van der Waals surface area contributed by atoms with Gasteiger partial charge in [0.25, 0.3) is 0 Å². The van der Waals surface area contributed by atoms with Crippen LogP contribution in [0.15, 0.2) is 42.5 Å². The molecule has 0 heterocycles. The van der Waals surface area contributed by atoms with Gasteiger partial charge in [-0.15, -0.1) is 0 Å². The molecule has 2 aromatic carbocycles. The largest absolute Gasteiger partial charge is 0.481 e. The van der Waals surface area contributed by atoms with Gasteiger partial charge in [0.05, 0.1) is 5.41 Å². The quantitative estimate of drug-likeness (QED) is 0.510. The van der Waals surface area contributed by atoms with Crippen molar-refractivity contribution in [3.05, 3.63) is 59.2 Å². The van der Waals surface area contributed by atoms with Crippen LogP contribution in [0.5, 0.6) is 0 Å². The van der Waals surface area contributed by atoms with E-state index in [2.05, 4.69) is 43.5 Å². The summed E-state index contributed by atoms with van der Waals surface area (Å²) in [6.45, 7) is 8.44. The highest BCUT2D eigenvalue weighted by Crippen LogP contribution is 2.58. The lowest BCUT2D eigenvalue weighted by Crippen LogP contribution is -2.52. The van der Waals surface area contributed by atoms with Crippen molar-refractivity contribution >= 4 is 23.4 Å². The summed E-state index contributed by atoms with van der Waals surface area (Å²) in [7, 11) is 0. The first kappa shape index (κ1) is 22.4. The zero-order valence-electron chi connectivity index (χ0n) is 19.5. The van der Waals surface area contributed by atoms with Crippen molar-refractivity contribution in [1.82, 2.24) is 0 Å². The molecule has 5 nitrogen and oxygen atoms in total. The summed E-state index contributed by atoms with van der Waals surface area (Å²) >= 11 is 0. The number of nitrogens with one attached hydrogen (secondary N) is 2. The van der Waals surface area contributed by atoms with Gasteiger partial charge in [-0.3, -0.25) is 4.79 Å². The number of anilines is 2. The Hall–Kier alpha value is -2.82. The molecule has 0 aliphatic heterocycles. The van der Waals surface area contributed by atoms with Gasteiger partial charge in [-0.2, -0.15) is 0 Å². The van der Waals surface area contributed by atoms with E-state index in [0.717, 1.165) is 49.0 Å². The molecule has 2 amide bonds. The number of fused-ring (bicyclic) bond motifs is 3. The molecule has 0 unspecified atom stereocenters. The van der Waals surface area contributed by atoms with Crippen molar-refractivity contribution in [3.63, 3.8) is 0 Å². The van der Waals surface area contributed by atoms with E-state index in [1.165, 1.54) is 11.1 Å². The fourth-order valence-corrected chi connectivity index (χ4v) is 6.18. The molecule has 3 N–H and O–H groups in total. The monoisotopic (exact) mass is 434 g/mol. The van der Waals surface area contributed by atoms with Crippen LogP contribution in [0.25, 0.3) is 0 Å². The van der Waals surface area contributed by atoms with Crippen LogP contribution in [0.3, 0.4) is 0 Å². The summed E-state index contributed by atoms with van der Waals surface area (Å²) in [5.74, 6) is -0.339. The SMILES string of the molecule is CC(C)c1cc2c(cc1NC(=O)Nc1ccccc1)[C@@]1(C)CCC[C@@](C)(C(=O)O)[C@@H]1CC2. The average Bonchev–Trinajstić information content (AvgIpc) is 2.74. The van der Waals surface area contributed by atoms with E-state index < -0.39 is 11.4 Å². The standard InChI is InChI=1S/C27H34N2O3/c1-17(2)20-15-18-11-12-23-26(3,13-8-14-27(23,4)24(30)31)21(18)16-22(20)29-25(32)28-19-9-6-5-7-10-19/h5-7,9-10,15-17,23H,8,11-14H2,1-4H3,(H,30,31)(H2,28,29,32)/t23-,26-,27-/m1/s1. The van der Waals surface area contributed by atoms with Crippen molar-refractivity contribution in [3.8, 4) is 0 Å². The van der Waals surface area contributed by atoms with Gasteiger partial charge in [0.1, 0.15) is 0 Å². The molecule has 4 rings (SSSR count). The summed E-state index contributed by atoms with van der Waals surface area (Å²) in [6, 6.07) is 13.5. The van der Waals surface area contributed by atoms with Gasteiger partial charge in [0, 0.05) is 11.4 Å². The topological polar surface area (TPSA) is 78.4 Å². The number of carboxylic acid groups (broad SMARTS) is 1. The fourth-order valence-electron chi connectivity index (χ4n) is 6.18. The van der Waals surface area contributed by atoms with Gasteiger partial charge >= 0.3 is 12.0 Å². The number of carbonyl (C=O) groups excluding carboxylic acids is 1. The van der Waals surface area contributed by atoms with Gasteiger partial charge in [-0.05, 0) is 84.7 Å². The molecule has 170 valence electrons. The second-order valence-electron chi connectivity index (χ2n) is 10.3. The molecule has 5 heteroatoms. The third kappa shape index (κ3) is 3.78. The minimum Gasteiger partial charge on any atom is -0.481 e. The number of hydrogen-bond acceptors (Lipinski definition) is 2. The molecule has 2 aromatic rings. The van der Waals surface area contributed by atoms with Crippen molar-refractivity contribution in [1.29, 1.82) is 0 Å². The molecule has 3 atom stereocenters. The van der Waals surface area contributed by atoms with Crippen LogP contribution < -0.4 is 10.6 Å². The van der Waals surface area contributed by atoms with E-state index in [4.69, 9.17) is 0 Å². The second-order valence-corrected chi connectivity index (χ2v) is 10.3. The van der Waals surface area contributed by atoms with Gasteiger partial charge in [-0.25, -0.2) is 4.79 Å². The minimum atomic E-state index is -0.709. The first-order valence-corrected chi connectivity index (χ1v) is 11.7. The van der Waals surface area contributed by atoms with E-state index in [1.807, 2.05) is 37.3 Å². The Morgan fingerprint density at radius 3 is 2.44 bits per heavy atom. The Labute approximate surface area is 190 Å². The Balaban J connectivity index is 1.72. The average molecular weight is 435 g/mol.